The number of rotatable bonds is 4. The SMILES string of the molecule is Cc1nc2ccc(C(=O)OCc3nc(-c4cccs4)no3)cc2nc1C. The summed E-state index contributed by atoms with van der Waals surface area (Å²) in [5.74, 6) is 0.245. The van der Waals surface area contributed by atoms with Crippen molar-refractivity contribution in [3.05, 3.63) is 58.6 Å². The van der Waals surface area contributed by atoms with Crippen LogP contribution in [0.1, 0.15) is 27.6 Å². The van der Waals surface area contributed by atoms with Gasteiger partial charge in [-0.2, -0.15) is 4.98 Å². The summed E-state index contributed by atoms with van der Waals surface area (Å²) in [6.45, 7) is 3.69. The second-order valence-corrected chi connectivity index (χ2v) is 6.61. The average molecular weight is 366 g/mol. The Kier molecular flexibility index (Phi) is 4.18. The third-order valence-corrected chi connectivity index (χ3v) is 4.71. The quantitative estimate of drug-likeness (QED) is 0.508. The summed E-state index contributed by atoms with van der Waals surface area (Å²) in [4.78, 5) is 26.3. The van der Waals surface area contributed by atoms with Crippen LogP contribution in [0.5, 0.6) is 0 Å². The molecule has 0 bridgehead atoms. The van der Waals surface area contributed by atoms with Crippen LogP contribution < -0.4 is 0 Å². The number of esters is 1. The Labute approximate surface area is 152 Å². The molecule has 8 heteroatoms. The first kappa shape index (κ1) is 16.3. The Morgan fingerprint density at radius 1 is 1.12 bits per heavy atom. The third kappa shape index (κ3) is 3.18. The molecular weight excluding hydrogens is 352 g/mol. The molecule has 0 saturated heterocycles. The maximum absolute atomic E-state index is 12.3. The molecular formula is C18H14N4O3S. The molecule has 0 aliphatic carbocycles. The van der Waals surface area contributed by atoms with Crippen molar-refractivity contribution in [2.24, 2.45) is 0 Å². The molecule has 0 N–H and O–H groups in total. The molecule has 1 aromatic carbocycles. The van der Waals surface area contributed by atoms with Gasteiger partial charge in [0.1, 0.15) is 0 Å². The van der Waals surface area contributed by atoms with E-state index in [9.17, 15) is 4.79 Å². The van der Waals surface area contributed by atoms with Gasteiger partial charge in [0, 0.05) is 0 Å². The largest absolute Gasteiger partial charge is 0.452 e. The van der Waals surface area contributed by atoms with Crippen LogP contribution in [0.25, 0.3) is 21.7 Å². The second kappa shape index (κ2) is 6.64. The summed E-state index contributed by atoms with van der Waals surface area (Å²) in [6.07, 6.45) is 0. The van der Waals surface area contributed by atoms with Crippen LogP contribution in [0.3, 0.4) is 0 Å². The summed E-state index contributed by atoms with van der Waals surface area (Å²) < 4.78 is 10.4. The van der Waals surface area contributed by atoms with Gasteiger partial charge in [-0.3, -0.25) is 0 Å². The molecule has 0 unspecified atom stereocenters. The molecule has 0 spiro atoms. The fourth-order valence-corrected chi connectivity index (χ4v) is 3.04. The van der Waals surface area contributed by atoms with Crippen molar-refractivity contribution in [3.63, 3.8) is 0 Å². The number of carbonyl (C=O) groups excluding carboxylic acids is 1. The minimum absolute atomic E-state index is 0.0894. The third-order valence-electron chi connectivity index (χ3n) is 3.85. The lowest BCUT2D eigenvalue weighted by Crippen LogP contribution is -2.06. The number of hydrogen-bond acceptors (Lipinski definition) is 8. The van der Waals surface area contributed by atoms with Gasteiger partial charge in [-0.1, -0.05) is 11.2 Å². The minimum Gasteiger partial charge on any atom is -0.452 e. The lowest BCUT2D eigenvalue weighted by Gasteiger charge is -2.05. The summed E-state index contributed by atoms with van der Waals surface area (Å²) in [5, 5.41) is 5.81. The van der Waals surface area contributed by atoms with Crippen molar-refractivity contribution >= 4 is 28.3 Å². The van der Waals surface area contributed by atoms with Gasteiger partial charge in [0.15, 0.2) is 6.61 Å². The van der Waals surface area contributed by atoms with Gasteiger partial charge in [0.05, 0.1) is 32.9 Å². The highest BCUT2D eigenvalue weighted by atomic mass is 32.1. The zero-order valence-electron chi connectivity index (χ0n) is 14.1. The molecule has 0 saturated carbocycles. The number of fused-ring (bicyclic) bond motifs is 1. The molecule has 0 fully saturated rings. The van der Waals surface area contributed by atoms with E-state index in [1.807, 2.05) is 31.4 Å². The van der Waals surface area contributed by atoms with Crippen molar-refractivity contribution in [1.82, 2.24) is 20.1 Å². The Balaban J connectivity index is 1.48. The monoisotopic (exact) mass is 366 g/mol. The lowest BCUT2D eigenvalue weighted by molar-refractivity contribution is 0.0430. The smallest absolute Gasteiger partial charge is 0.338 e. The minimum atomic E-state index is -0.484. The first-order valence-electron chi connectivity index (χ1n) is 7.89. The normalized spacial score (nSPS) is 11.0. The maximum atomic E-state index is 12.3. The number of ether oxygens (including phenoxy) is 1. The Bertz CT molecular complexity index is 1090. The van der Waals surface area contributed by atoms with Gasteiger partial charge in [0.2, 0.25) is 5.82 Å². The molecule has 26 heavy (non-hydrogen) atoms. The fraction of sp³-hybridized carbons (Fsp3) is 0.167. The van der Waals surface area contributed by atoms with Crippen molar-refractivity contribution < 1.29 is 14.1 Å². The number of aromatic nitrogens is 4. The van der Waals surface area contributed by atoms with Gasteiger partial charge in [-0.15, -0.1) is 11.3 Å². The van der Waals surface area contributed by atoms with Gasteiger partial charge in [-0.05, 0) is 43.5 Å². The number of benzene rings is 1. The molecule has 3 aromatic heterocycles. The molecule has 0 atom stereocenters. The first-order valence-corrected chi connectivity index (χ1v) is 8.77. The summed E-state index contributed by atoms with van der Waals surface area (Å²) in [5.41, 5.74) is 3.48. The Hall–Kier alpha value is -3.13. The number of nitrogens with zero attached hydrogens (tertiary/aromatic N) is 4. The summed E-state index contributed by atoms with van der Waals surface area (Å²) >= 11 is 1.51. The number of carbonyl (C=O) groups is 1. The van der Waals surface area contributed by atoms with Crippen molar-refractivity contribution in [3.8, 4) is 10.7 Å². The number of thiophene rings is 1. The molecule has 4 rings (SSSR count). The predicted octanol–water partition coefficient (Wildman–Crippen LogP) is 3.72. The van der Waals surface area contributed by atoms with E-state index in [4.69, 9.17) is 9.26 Å². The first-order chi connectivity index (χ1) is 12.6. The van der Waals surface area contributed by atoms with E-state index in [-0.39, 0.29) is 12.5 Å². The summed E-state index contributed by atoms with van der Waals surface area (Å²) in [7, 11) is 0. The fourth-order valence-electron chi connectivity index (χ4n) is 2.39. The molecule has 3 heterocycles. The maximum Gasteiger partial charge on any atom is 0.338 e. The second-order valence-electron chi connectivity index (χ2n) is 5.66. The molecule has 7 nitrogen and oxygen atoms in total. The standard InChI is InChI=1S/C18H14N4O3S/c1-10-11(2)20-14-8-12(5-6-13(14)19-10)18(23)24-9-16-21-17(22-25-16)15-4-3-7-26-15/h3-8H,9H2,1-2H3. The van der Waals surface area contributed by atoms with Crippen LogP contribution in [0.2, 0.25) is 0 Å². The lowest BCUT2D eigenvalue weighted by atomic mass is 10.2. The highest BCUT2D eigenvalue weighted by Gasteiger charge is 2.14. The van der Waals surface area contributed by atoms with Crippen molar-refractivity contribution in [2.45, 2.75) is 20.5 Å². The zero-order chi connectivity index (χ0) is 18.1. The topological polar surface area (TPSA) is 91.0 Å². The van der Waals surface area contributed by atoms with E-state index in [0.29, 0.717) is 16.9 Å². The highest BCUT2D eigenvalue weighted by Crippen LogP contribution is 2.21. The van der Waals surface area contributed by atoms with E-state index < -0.39 is 5.97 Å². The van der Waals surface area contributed by atoms with Crippen molar-refractivity contribution in [2.75, 3.05) is 0 Å². The van der Waals surface area contributed by atoms with Crippen LogP contribution in [0, 0.1) is 13.8 Å². The number of hydrogen-bond donors (Lipinski definition) is 0. The van der Waals surface area contributed by atoms with Crippen LogP contribution in [-0.2, 0) is 11.3 Å². The molecule has 130 valence electrons. The van der Waals surface area contributed by atoms with Crippen LogP contribution in [-0.4, -0.2) is 26.1 Å². The molecule has 0 aliphatic heterocycles. The summed E-state index contributed by atoms with van der Waals surface area (Å²) in [6, 6.07) is 8.89. The zero-order valence-corrected chi connectivity index (χ0v) is 14.9. The van der Waals surface area contributed by atoms with Crippen LogP contribution in [0.4, 0.5) is 0 Å². The van der Waals surface area contributed by atoms with E-state index >= 15 is 0 Å². The molecule has 0 radical (unpaired) electrons. The highest BCUT2D eigenvalue weighted by molar-refractivity contribution is 7.13. The van der Waals surface area contributed by atoms with E-state index in [0.717, 1.165) is 21.8 Å². The average Bonchev–Trinajstić information content (AvgIpc) is 3.31. The Morgan fingerprint density at radius 2 is 1.92 bits per heavy atom. The van der Waals surface area contributed by atoms with Crippen LogP contribution >= 0.6 is 11.3 Å². The Morgan fingerprint density at radius 3 is 2.69 bits per heavy atom. The van der Waals surface area contributed by atoms with E-state index in [2.05, 4.69) is 20.1 Å². The molecule has 0 amide bonds. The van der Waals surface area contributed by atoms with Gasteiger partial charge in [0.25, 0.3) is 5.89 Å². The van der Waals surface area contributed by atoms with Crippen molar-refractivity contribution in [1.29, 1.82) is 0 Å². The molecule has 4 aromatic rings. The van der Waals surface area contributed by atoms with E-state index in [1.54, 1.807) is 18.2 Å². The van der Waals surface area contributed by atoms with Gasteiger partial charge < -0.3 is 9.26 Å². The van der Waals surface area contributed by atoms with Gasteiger partial charge >= 0.3 is 5.97 Å². The predicted molar refractivity (Wildman–Crippen MR) is 95.7 cm³/mol. The van der Waals surface area contributed by atoms with Gasteiger partial charge in [-0.25, -0.2) is 14.8 Å². The number of aryl methyl sites for hydroxylation is 2. The van der Waals surface area contributed by atoms with Crippen LogP contribution in [0.15, 0.2) is 40.2 Å². The molecule has 0 aliphatic rings. The van der Waals surface area contributed by atoms with E-state index in [1.165, 1.54) is 11.3 Å².